The van der Waals surface area contributed by atoms with Gasteiger partial charge in [-0.3, -0.25) is 4.39 Å². The van der Waals surface area contributed by atoms with Crippen LogP contribution in [0, 0.1) is 0 Å². The van der Waals surface area contributed by atoms with Crippen molar-refractivity contribution in [2.24, 2.45) is 5.73 Å². The largest absolute Gasteiger partial charge is 0.508 e. The number of phenolic OH excluding ortho intramolecular Hbond substituents is 1. The number of phenols is 1. The third-order valence-electron chi connectivity index (χ3n) is 1.81. The Bertz CT molecular complexity index is 248. The van der Waals surface area contributed by atoms with Crippen molar-refractivity contribution in [3.63, 3.8) is 0 Å². The fourth-order valence-corrected chi connectivity index (χ4v) is 1.07. The second-order valence-electron chi connectivity index (χ2n) is 2.68. The summed E-state index contributed by atoms with van der Waals surface area (Å²) in [5, 5.41) is 9.09. The van der Waals surface area contributed by atoms with Gasteiger partial charge in [-0.05, 0) is 17.7 Å². The molecule has 0 aromatic heterocycles. The lowest BCUT2D eigenvalue weighted by molar-refractivity contribution is 0.431. The Kier molecular flexibility index (Phi) is 3.05. The molecule has 1 aromatic carbocycles. The van der Waals surface area contributed by atoms with Gasteiger partial charge < -0.3 is 10.8 Å². The zero-order chi connectivity index (χ0) is 8.97. The van der Waals surface area contributed by atoms with Crippen molar-refractivity contribution < 1.29 is 9.50 Å². The molecular weight excluding hydrogens is 157 g/mol. The molecule has 0 saturated heterocycles. The molecule has 0 saturated carbocycles. The van der Waals surface area contributed by atoms with Crippen molar-refractivity contribution in [1.29, 1.82) is 0 Å². The van der Waals surface area contributed by atoms with E-state index in [0.29, 0.717) is 0 Å². The lowest BCUT2D eigenvalue weighted by atomic mass is 10.0. The molecule has 66 valence electrons. The van der Waals surface area contributed by atoms with Crippen molar-refractivity contribution in [2.45, 2.75) is 5.92 Å². The Labute approximate surface area is 70.8 Å². The molecule has 0 aliphatic heterocycles. The molecule has 0 spiro atoms. The fourth-order valence-electron chi connectivity index (χ4n) is 1.07. The lowest BCUT2D eigenvalue weighted by Gasteiger charge is -2.10. The van der Waals surface area contributed by atoms with Gasteiger partial charge in [0.05, 0.1) is 6.67 Å². The highest BCUT2D eigenvalue weighted by molar-refractivity contribution is 5.29. The Morgan fingerprint density at radius 3 is 2.75 bits per heavy atom. The van der Waals surface area contributed by atoms with Crippen LogP contribution in [-0.2, 0) is 0 Å². The van der Waals surface area contributed by atoms with E-state index in [1.165, 1.54) is 6.07 Å². The summed E-state index contributed by atoms with van der Waals surface area (Å²) in [5.74, 6) is -0.142. The number of hydrogen-bond acceptors (Lipinski definition) is 2. The van der Waals surface area contributed by atoms with E-state index in [0.717, 1.165) is 5.56 Å². The third-order valence-corrected chi connectivity index (χ3v) is 1.81. The highest BCUT2D eigenvalue weighted by atomic mass is 19.1. The van der Waals surface area contributed by atoms with Crippen molar-refractivity contribution >= 4 is 0 Å². The summed E-state index contributed by atoms with van der Waals surface area (Å²) >= 11 is 0. The normalized spacial score (nSPS) is 12.8. The van der Waals surface area contributed by atoms with Crippen LogP contribution in [0.1, 0.15) is 11.5 Å². The fraction of sp³-hybridized carbons (Fsp3) is 0.333. The van der Waals surface area contributed by atoms with Gasteiger partial charge in [-0.2, -0.15) is 0 Å². The molecule has 3 N–H and O–H groups in total. The van der Waals surface area contributed by atoms with Gasteiger partial charge in [0.15, 0.2) is 0 Å². The van der Waals surface area contributed by atoms with Gasteiger partial charge in [-0.1, -0.05) is 12.1 Å². The molecule has 0 bridgehead atoms. The summed E-state index contributed by atoms with van der Waals surface area (Å²) in [5.41, 5.74) is 6.09. The molecule has 1 aromatic rings. The molecule has 3 heteroatoms. The minimum Gasteiger partial charge on any atom is -0.508 e. The van der Waals surface area contributed by atoms with E-state index in [-0.39, 0.29) is 18.2 Å². The summed E-state index contributed by atoms with van der Waals surface area (Å²) in [6.45, 7) is -0.222. The van der Waals surface area contributed by atoms with Crippen LogP contribution in [0.2, 0.25) is 0 Å². The first-order valence-corrected chi connectivity index (χ1v) is 3.83. The van der Waals surface area contributed by atoms with Crippen LogP contribution in [0.4, 0.5) is 4.39 Å². The molecule has 0 fully saturated rings. The van der Waals surface area contributed by atoms with Crippen LogP contribution in [0.3, 0.4) is 0 Å². The van der Waals surface area contributed by atoms with Gasteiger partial charge in [-0.25, -0.2) is 0 Å². The molecule has 2 nitrogen and oxygen atoms in total. The Morgan fingerprint density at radius 1 is 1.50 bits per heavy atom. The number of benzene rings is 1. The highest BCUT2D eigenvalue weighted by Crippen LogP contribution is 2.19. The predicted octanol–water partition coefficient (Wildman–Crippen LogP) is 1.40. The summed E-state index contributed by atoms with van der Waals surface area (Å²) in [4.78, 5) is 0. The second-order valence-corrected chi connectivity index (χ2v) is 2.68. The van der Waals surface area contributed by atoms with Crippen LogP contribution >= 0.6 is 0 Å². The summed E-state index contributed by atoms with van der Waals surface area (Å²) in [6, 6.07) is 6.53. The molecule has 0 heterocycles. The van der Waals surface area contributed by atoms with Crippen LogP contribution < -0.4 is 5.73 Å². The van der Waals surface area contributed by atoms with Crippen molar-refractivity contribution in [1.82, 2.24) is 0 Å². The van der Waals surface area contributed by atoms with Crippen LogP contribution in [0.15, 0.2) is 24.3 Å². The lowest BCUT2D eigenvalue weighted by Crippen LogP contribution is -2.13. The molecule has 0 radical (unpaired) electrons. The minimum atomic E-state index is -0.486. The molecule has 0 aliphatic carbocycles. The molecule has 1 rings (SSSR count). The first-order chi connectivity index (χ1) is 5.77. The molecule has 1 atom stereocenters. The SMILES string of the molecule is NCC(CF)c1cccc(O)c1. The van der Waals surface area contributed by atoms with Gasteiger partial charge in [0, 0.05) is 12.5 Å². The molecule has 0 aliphatic rings. The van der Waals surface area contributed by atoms with E-state index in [2.05, 4.69) is 0 Å². The number of halogens is 1. The van der Waals surface area contributed by atoms with Gasteiger partial charge in [0.1, 0.15) is 5.75 Å². The van der Waals surface area contributed by atoms with Crippen molar-refractivity contribution in [2.75, 3.05) is 13.2 Å². The van der Waals surface area contributed by atoms with E-state index in [1.807, 2.05) is 0 Å². The minimum absolute atomic E-state index is 0.152. The first-order valence-electron chi connectivity index (χ1n) is 3.83. The molecular formula is C9H12FNO. The molecule has 12 heavy (non-hydrogen) atoms. The van der Waals surface area contributed by atoms with Crippen LogP contribution in [0.5, 0.6) is 5.75 Å². The zero-order valence-electron chi connectivity index (χ0n) is 6.70. The Hall–Kier alpha value is -1.09. The standard InChI is InChI=1S/C9H12FNO/c10-5-8(6-11)7-2-1-3-9(12)4-7/h1-4,8,12H,5-6,11H2. The van der Waals surface area contributed by atoms with E-state index in [9.17, 15) is 4.39 Å². The number of rotatable bonds is 3. The van der Waals surface area contributed by atoms with Gasteiger partial charge in [0.25, 0.3) is 0 Å². The topological polar surface area (TPSA) is 46.2 Å². The number of hydrogen-bond donors (Lipinski definition) is 2. The van der Waals surface area contributed by atoms with Gasteiger partial charge in [-0.15, -0.1) is 0 Å². The molecule has 0 amide bonds. The summed E-state index contributed by atoms with van der Waals surface area (Å²) in [6.07, 6.45) is 0. The number of nitrogens with two attached hydrogens (primary N) is 1. The van der Waals surface area contributed by atoms with Crippen molar-refractivity contribution in [3.05, 3.63) is 29.8 Å². The van der Waals surface area contributed by atoms with Crippen LogP contribution in [-0.4, -0.2) is 18.3 Å². The monoisotopic (exact) mass is 169 g/mol. The number of alkyl halides is 1. The Balaban J connectivity index is 2.85. The zero-order valence-corrected chi connectivity index (χ0v) is 6.70. The van der Waals surface area contributed by atoms with E-state index < -0.39 is 6.67 Å². The quantitative estimate of drug-likeness (QED) is 0.718. The van der Waals surface area contributed by atoms with E-state index in [1.54, 1.807) is 18.2 Å². The van der Waals surface area contributed by atoms with E-state index in [4.69, 9.17) is 10.8 Å². The van der Waals surface area contributed by atoms with Gasteiger partial charge >= 0.3 is 0 Å². The first kappa shape index (κ1) is 9.00. The van der Waals surface area contributed by atoms with Crippen LogP contribution in [0.25, 0.3) is 0 Å². The third kappa shape index (κ3) is 1.95. The maximum atomic E-state index is 12.3. The average Bonchev–Trinajstić information content (AvgIpc) is 2.07. The number of aromatic hydroxyl groups is 1. The smallest absolute Gasteiger partial charge is 0.115 e. The second kappa shape index (κ2) is 4.07. The van der Waals surface area contributed by atoms with Crippen molar-refractivity contribution in [3.8, 4) is 5.75 Å². The maximum Gasteiger partial charge on any atom is 0.115 e. The summed E-state index contributed by atoms with van der Waals surface area (Å²) in [7, 11) is 0. The Morgan fingerprint density at radius 2 is 2.25 bits per heavy atom. The highest BCUT2D eigenvalue weighted by Gasteiger charge is 2.08. The summed E-state index contributed by atoms with van der Waals surface area (Å²) < 4.78 is 12.3. The maximum absolute atomic E-state index is 12.3. The molecule has 1 unspecified atom stereocenters. The predicted molar refractivity (Wildman–Crippen MR) is 45.9 cm³/mol. The van der Waals surface area contributed by atoms with Gasteiger partial charge in [0.2, 0.25) is 0 Å². The van der Waals surface area contributed by atoms with E-state index >= 15 is 0 Å². The average molecular weight is 169 g/mol.